The van der Waals surface area contributed by atoms with Crippen LogP contribution in [0.3, 0.4) is 0 Å². The van der Waals surface area contributed by atoms with Gasteiger partial charge in [0.05, 0.1) is 74.2 Å². The molecular weight excluding hydrogens is 1830 g/mol. The lowest BCUT2D eigenvalue weighted by atomic mass is 9.92. The molecule has 0 N–H and O–H groups in total. The minimum Gasteiger partial charge on any atom is -0.310 e. The van der Waals surface area contributed by atoms with E-state index >= 15 is 0 Å². The van der Waals surface area contributed by atoms with E-state index in [0.717, 1.165) is 160 Å². The smallest absolute Gasteiger partial charge is 0.310 e. The summed E-state index contributed by atoms with van der Waals surface area (Å²) in [6.07, 6.45) is -4.54. The fraction of sp³-hybridized carbons (Fsp3) is 0.133. The Balaban J connectivity index is 0.000000167. The summed E-state index contributed by atoms with van der Waals surface area (Å²) in [4.78, 5) is 92.0. The normalized spacial score (nSPS) is 11.7. The Morgan fingerprint density at radius 1 is 0.211 bits per heavy atom. The molecule has 0 fully saturated rings. The second kappa shape index (κ2) is 36.0. The first-order chi connectivity index (χ1) is 71.0. The van der Waals surface area contributed by atoms with Crippen LogP contribution >= 0.6 is 0 Å². The molecule has 24 rings (SSSR count). The zero-order valence-corrected chi connectivity index (χ0v) is 82.8. The minimum atomic E-state index is -4.54. The maximum atomic E-state index is 14.3. The molecule has 0 bridgehead atoms. The lowest BCUT2D eigenvalue weighted by Crippen LogP contribution is -2.05. The maximum Gasteiger partial charge on any atom is 0.416 e. The highest BCUT2D eigenvalue weighted by Crippen LogP contribution is 2.52. The third-order valence-corrected chi connectivity index (χ3v) is 26.9. The Morgan fingerprint density at radius 2 is 0.463 bits per heavy atom. The van der Waals surface area contributed by atoms with E-state index in [1.807, 2.05) is 174 Å². The summed E-state index contributed by atoms with van der Waals surface area (Å²) in [7, 11) is 0. The van der Waals surface area contributed by atoms with Crippen molar-refractivity contribution in [2.45, 2.75) is 110 Å². The van der Waals surface area contributed by atoms with Crippen molar-refractivity contribution in [2.75, 3.05) is 0 Å². The van der Waals surface area contributed by atoms with Gasteiger partial charge in [-0.05, 0) is 318 Å². The van der Waals surface area contributed by atoms with Crippen LogP contribution in [0.1, 0.15) is 92.1 Å². The van der Waals surface area contributed by atoms with Crippen molar-refractivity contribution in [3.63, 3.8) is 0 Å². The van der Waals surface area contributed by atoms with Gasteiger partial charge in [0.1, 0.15) is 69.9 Å². The van der Waals surface area contributed by atoms with Crippen molar-refractivity contribution in [2.24, 2.45) is 0 Å². The molecule has 147 heavy (non-hydrogen) atoms. The second-order valence-electron chi connectivity index (χ2n) is 37.2. The molecule has 0 radical (unpaired) electrons. The average Bonchev–Trinajstić information content (AvgIpc) is 1.58. The van der Waals surface area contributed by atoms with Crippen LogP contribution in [0, 0.1) is 117 Å². The van der Waals surface area contributed by atoms with E-state index in [0.29, 0.717) is 155 Å². The average molecular weight is 1920 g/mol. The Morgan fingerprint density at radius 3 is 0.735 bits per heavy atom. The van der Waals surface area contributed by atoms with Gasteiger partial charge >= 0.3 is 6.18 Å². The van der Waals surface area contributed by atoms with Gasteiger partial charge in [-0.15, -0.1) is 0 Å². The van der Waals surface area contributed by atoms with Crippen LogP contribution in [-0.4, -0.2) is 108 Å². The molecule has 0 aliphatic carbocycles. The Bertz CT molecular complexity index is 9480. The van der Waals surface area contributed by atoms with Crippen LogP contribution < -0.4 is 0 Å². The van der Waals surface area contributed by atoms with E-state index in [-0.39, 0.29) is 0 Å². The molecule has 0 spiro atoms. The van der Waals surface area contributed by atoms with Gasteiger partial charge in [0.25, 0.3) is 0 Å². The fourth-order valence-corrected chi connectivity index (χ4v) is 21.0. The van der Waals surface area contributed by atoms with E-state index in [2.05, 4.69) is 223 Å². The third kappa shape index (κ3) is 16.5. The highest BCUT2D eigenvalue weighted by molar-refractivity contribution is 6.17. The quantitative estimate of drug-likeness (QED) is 0.0916. The van der Waals surface area contributed by atoms with Gasteiger partial charge < -0.3 is 18.3 Å². The minimum absolute atomic E-state index is 0.340. The molecular formula is C120H89F3N24. The van der Waals surface area contributed by atoms with E-state index < -0.39 is 11.7 Å². The first kappa shape index (κ1) is 91.9. The van der Waals surface area contributed by atoms with E-state index in [1.54, 1.807) is 13.0 Å². The molecule has 710 valence electrons. The summed E-state index contributed by atoms with van der Waals surface area (Å²) in [5.41, 5.74) is 25.0. The van der Waals surface area contributed by atoms with Crippen molar-refractivity contribution in [3.8, 4) is 136 Å². The molecule has 0 atom stereocenters. The van der Waals surface area contributed by atoms with Crippen LogP contribution in [0.2, 0.25) is 0 Å². The molecule has 14 aromatic carbocycles. The topological polar surface area (TPSA) is 260 Å². The lowest BCUT2D eigenvalue weighted by molar-refractivity contribution is -0.137. The molecule has 10 aromatic heterocycles. The molecule has 24 aromatic rings. The van der Waals surface area contributed by atoms with Gasteiger partial charge in [0.2, 0.25) is 0 Å². The predicted molar refractivity (Wildman–Crippen MR) is 573 cm³/mol. The number of rotatable bonds is 14. The molecule has 0 aliphatic rings. The SMILES string of the molecule is [C-]#[N+]c1cccc(-n2c3ccc(-c4nc(C)nc(C)n4)cc3c3cc(-c4nc(C)nc(C)n4)ccc32)c1-c1cc(-c2ccc(C(F)(F)F)cc2C)ccc1-n1c2ccc(-c3nc(C)nc(C)n3)cc2c2cc(-c3nc(C)nc(C)n3)ccc21.[C-]#[N+]c1cccc(-n2c3ccccc3c3cc(-c4nc(C)nc(C)n4)ccc32)c1-c1cc(-c2ccc(C)cc2C)ccc1-n1c2ccccc2c2cc(-c3nc(C)nc(C)n3)ccc21. The monoisotopic (exact) mass is 1920 g/mol. The Hall–Kier alpha value is -18.9. The fourth-order valence-electron chi connectivity index (χ4n) is 21.0. The largest absolute Gasteiger partial charge is 0.416 e. The highest BCUT2D eigenvalue weighted by atomic mass is 19.4. The number of hydrogen-bond donors (Lipinski definition) is 0. The van der Waals surface area contributed by atoms with Crippen LogP contribution in [-0.2, 0) is 6.18 Å². The molecule has 0 aliphatic heterocycles. The van der Waals surface area contributed by atoms with Gasteiger partial charge in [-0.25, -0.2) is 99.4 Å². The number of aryl methyl sites for hydroxylation is 15. The van der Waals surface area contributed by atoms with Crippen LogP contribution in [0.25, 0.3) is 232 Å². The number of aromatic nitrogens is 22. The van der Waals surface area contributed by atoms with E-state index in [4.69, 9.17) is 73.0 Å². The third-order valence-electron chi connectivity index (χ3n) is 26.9. The van der Waals surface area contributed by atoms with Gasteiger partial charge in [-0.1, -0.05) is 103 Å². The summed E-state index contributed by atoms with van der Waals surface area (Å²) in [5, 5.41) is 7.80. The summed E-state index contributed by atoms with van der Waals surface area (Å²) >= 11 is 0. The van der Waals surface area contributed by atoms with Gasteiger partial charge in [0.15, 0.2) is 46.3 Å². The molecule has 0 saturated carbocycles. The lowest BCUT2D eigenvalue weighted by Gasteiger charge is -2.21. The zero-order chi connectivity index (χ0) is 102. The van der Waals surface area contributed by atoms with Crippen molar-refractivity contribution >= 4 is 98.6 Å². The molecule has 27 heteroatoms. The van der Waals surface area contributed by atoms with Gasteiger partial charge in [-0.2, -0.15) is 13.2 Å². The van der Waals surface area contributed by atoms with E-state index in [1.165, 1.54) is 23.3 Å². The summed E-state index contributed by atoms with van der Waals surface area (Å²) < 4.78 is 51.8. The van der Waals surface area contributed by atoms with Crippen molar-refractivity contribution < 1.29 is 13.2 Å². The molecule has 0 saturated heterocycles. The first-order valence-corrected chi connectivity index (χ1v) is 48.0. The number of nitrogens with zero attached hydrogens (tertiary/aromatic N) is 24. The van der Waals surface area contributed by atoms with Gasteiger partial charge in [-0.3, -0.25) is 0 Å². The summed E-state index contributed by atoms with van der Waals surface area (Å²) in [6, 6.07) is 89.1. The van der Waals surface area contributed by atoms with Crippen molar-refractivity contribution in [1.82, 2.24) is 108 Å². The summed E-state index contributed by atoms with van der Waals surface area (Å²) in [5.74, 6) is 10.8. The second-order valence-corrected chi connectivity index (χ2v) is 37.2. The molecule has 24 nitrogen and oxygen atoms in total. The summed E-state index contributed by atoms with van der Waals surface area (Å²) in [6.45, 7) is 46.0. The van der Waals surface area contributed by atoms with Crippen LogP contribution in [0.5, 0.6) is 0 Å². The van der Waals surface area contributed by atoms with Crippen molar-refractivity contribution in [1.29, 1.82) is 0 Å². The zero-order valence-electron chi connectivity index (χ0n) is 82.8. The standard InChI is InChI=1S/C65H48F3N15.C55H41N9/c1-32-26-46(65(66,67)68)19-20-47(32)41-14-21-58(82-54-22-15-42(61-74-33(2)70-34(3)75-61)28-48(54)49-29-43(16-23-55(49)82)62-76-35(4)71-36(5)77-62)52(27-41)60-53(69-10)12-11-13-59(60)83-56-24-17-44(63-78-37(6)72-38(7)79-63)30-50(56)51-31-45(18-25-57(51)83)64-80-39(8)73-40(9)81-64;1-31-19-23-40(32(2)27-31)37-20-24-51(63-47-16-10-8-13-41(47)43-29-38(21-25-49(43)63)54-59-33(3)57-34(4)60-54)45(28-37)53-46(56-7)15-12-18-52(53)64-48-17-11-9-14-42(48)44-30-39(22-26-50(44)64)55-61-35(5)58-36(6)62-55/h11-31H,1-9H3;8-30H,1-6H3. The number of benzene rings is 14. The number of hydrogen-bond acceptors (Lipinski definition) is 18. The molecule has 10 heterocycles. The van der Waals surface area contributed by atoms with Gasteiger partial charge in [0, 0.05) is 99.0 Å². The number of halogens is 3. The number of fused-ring (bicyclic) bond motifs is 12. The number of para-hydroxylation sites is 2. The van der Waals surface area contributed by atoms with E-state index in [9.17, 15) is 13.2 Å². The van der Waals surface area contributed by atoms with Crippen LogP contribution in [0.4, 0.5) is 24.5 Å². The Kier molecular flexibility index (Phi) is 22.5. The predicted octanol–water partition coefficient (Wildman–Crippen LogP) is 28.3. The maximum absolute atomic E-state index is 14.3. The molecule has 0 amide bonds. The molecule has 0 unspecified atom stereocenters. The first-order valence-electron chi connectivity index (χ1n) is 48.0. The van der Waals surface area contributed by atoms with Crippen molar-refractivity contribution in [3.05, 3.63) is 382 Å². The Labute approximate surface area is 842 Å². The van der Waals surface area contributed by atoms with Crippen LogP contribution in [0.15, 0.2) is 267 Å². The highest BCUT2D eigenvalue weighted by Gasteiger charge is 2.33. The number of alkyl halides is 3.